The van der Waals surface area contributed by atoms with Gasteiger partial charge in [-0.3, -0.25) is 4.79 Å². The number of Topliss-reactive ketones (excluding diaryl/α,β-unsaturated/α-hetero) is 1. The molecule has 0 unspecified atom stereocenters. The summed E-state index contributed by atoms with van der Waals surface area (Å²) in [6, 6.07) is 3.56. The van der Waals surface area contributed by atoms with E-state index in [2.05, 4.69) is 4.98 Å². The molecule has 2 rings (SSSR count). The molecule has 0 fully saturated rings. The first-order chi connectivity index (χ1) is 7.13. The van der Waals surface area contributed by atoms with Gasteiger partial charge in [-0.05, 0) is 19.1 Å². The largest absolute Gasteiger partial charge is 0.302 e. The number of carbonyl (C=O) groups excluding carboxylic acids is 1. The first kappa shape index (κ1) is 10.2. The van der Waals surface area contributed by atoms with Crippen molar-refractivity contribution in [3.63, 3.8) is 0 Å². The number of aryl methyl sites for hydroxylation is 1. The van der Waals surface area contributed by atoms with Crippen molar-refractivity contribution in [3.05, 3.63) is 34.9 Å². The predicted molar refractivity (Wildman–Crippen MR) is 59.6 cm³/mol. The quantitative estimate of drug-likeness (QED) is 0.733. The molecule has 0 aromatic carbocycles. The van der Waals surface area contributed by atoms with Gasteiger partial charge in [-0.15, -0.1) is 0 Å². The average molecular weight is 223 g/mol. The maximum Gasteiger partial charge on any atom is 0.159 e. The van der Waals surface area contributed by atoms with E-state index in [9.17, 15) is 4.79 Å². The number of nitrogens with zero attached hydrogens (tertiary/aromatic N) is 2. The number of aromatic nitrogens is 2. The minimum Gasteiger partial charge on any atom is -0.302 e. The molecule has 2 heterocycles. The first-order valence-electron chi connectivity index (χ1n) is 4.81. The number of hydrogen-bond acceptors (Lipinski definition) is 2. The van der Waals surface area contributed by atoms with Gasteiger partial charge in [0.2, 0.25) is 0 Å². The second-order valence-corrected chi connectivity index (χ2v) is 3.76. The van der Waals surface area contributed by atoms with Crippen molar-refractivity contribution in [2.45, 2.75) is 20.3 Å². The number of imidazole rings is 1. The molecule has 0 aliphatic carbocycles. The van der Waals surface area contributed by atoms with Gasteiger partial charge < -0.3 is 4.40 Å². The second-order valence-electron chi connectivity index (χ2n) is 3.40. The Morgan fingerprint density at radius 2 is 2.33 bits per heavy atom. The van der Waals surface area contributed by atoms with Crippen molar-refractivity contribution in [3.8, 4) is 0 Å². The Balaban J connectivity index is 2.72. The number of ketones is 1. The van der Waals surface area contributed by atoms with Crippen molar-refractivity contribution in [1.82, 2.24) is 9.38 Å². The summed E-state index contributed by atoms with van der Waals surface area (Å²) >= 11 is 5.99. The molecule has 0 spiro atoms. The van der Waals surface area contributed by atoms with Gasteiger partial charge in [0.1, 0.15) is 5.82 Å². The Morgan fingerprint density at radius 1 is 1.60 bits per heavy atom. The molecule has 0 saturated carbocycles. The van der Waals surface area contributed by atoms with Crippen LogP contribution in [0.25, 0.3) is 5.52 Å². The molecule has 4 heteroatoms. The zero-order valence-corrected chi connectivity index (χ0v) is 9.38. The van der Waals surface area contributed by atoms with Crippen molar-refractivity contribution < 1.29 is 4.79 Å². The van der Waals surface area contributed by atoms with Gasteiger partial charge in [0.25, 0.3) is 0 Å². The van der Waals surface area contributed by atoms with Crippen LogP contribution in [0.3, 0.4) is 0 Å². The Kier molecular flexibility index (Phi) is 2.49. The van der Waals surface area contributed by atoms with Crippen molar-refractivity contribution in [1.29, 1.82) is 0 Å². The zero-order chi connectivity index (χ0) is 11.0. The number of halogens is 1. The molecule has 3 nitrogen and oxygen atoms in total. The van der Waals surface area contributed by atoms with E-state index in [-0.39, 0.29) is 5.78 Å². The summed E-state index contributed by atoms with van der Waals surface area (Å²) in [5, 5.41) is 0.454. The van der Waals surface area contributed by atoms with Gasteiger partial charge in [0, 0.05) is 18.2 Å². The first-order valence-corrected chi connectivity index (χ1v) is 5.18. The molecule has 0 aliphatic rings. The normalized spacial score (nSPS) is 10.9. The Bertz CT molecular complexity index is 531. The number of hydrogen-bond donors (Lipinski definition) is 0. The van der Waals surface area contributed by atoms with Crippen LogP contribution in [0, 0.1) is 0 Å². The van der Waals surface area contributed by atoms with Crippen LogP contribution < -0.4 is 0 Å². The highest BCUT2D eigenvalue weighted by molar-refractivity contribution is 6.32. The maximum absolute atomic E-state index is 11.2. The van der Waals surface area contributed by atoms with E-state index in [1.807, 2.05) is 17.5 Å². The number of fused-ring (bicyclic) bond motifs is 1. The van der Waals surface area contributed by atoms with Gasteiger partial charge in [-0.2, -0.15) is 0 Å². The summed E-state index contributed by atoms with van der Waals surface area (Å²) in [7, 11) is 0. The van der Waals surface area contributed by atoms with E-state index in [1.165, 1.54) is 6.92 Å². The number of rotatable bonds is 2. The molecule has 0 aliphatic heterocycles. The molecule has 15 heavy (non-hydrogen) atoms. The van der Waals surface area contributed by atoms with E-state index >= 15 is 0 Å². The van der Waals surface area contributed by atoms with Crippen molar-refractivity contribution in [2.24, 2.45) is 0 Å². The SMILES string of the molecule is CCc1nc(Cl)c2cc(C(C)=O)ccn12. The third-order valence-corrected chi connectivity index (χ3v) is 2.67. The van der Waals surface area contributed by atoms with E-state index in [1.54, 1.807) is 12.1 Å². The number of pyridine rings is 1. The molecule has 0 saturated heterocycles. The molecular formula is C11H11ClN2O. The fraction of sp³-hybridized carbons (Fsp3) is 0.273. The molecule has 2 aromatic heterocycles. The minimum atomic E-state index is 0.0350. The third-order valence-electron chi connectivity index (χ3n) is 2.39. The molecule has 78 valence electrons. The number of carbonyl (C=O) groups is 1. The second kappa shape index (κ2) is 3.66. The van der Waals surface area contributed by atoms with Crippen molar-refractivity contribution in [2.75, 3.05) is 0 Å². The fourth-order valence-electron chi connectivity index (χ4n) is 1.58. The molecule has 0 N–H and O–H groups in total. The van der Waals surface area contributed by atoms with Crippen LogP contribution in [0.1, 0.15) is 30.0 Å². The summed E-state index contributed by atoms with van der Waals surface area (Å²) in [5.74, 6) is 0.943. The summed E-state index contributed by atoms with van der Waals surface area (Å²) in [4.78, 5) is 15.4. The molecule has 0 bridgehead atoms. The highest BCUT2D eigenvalue weighted by Crippen LogP contribution is 2.20. The highest BCUT2D eigenvalue weighted by Gasteiger charge is 2.09. The van der Waals surface area contributed by atoms with Gasteiger partial charge in [0.15, 0.2) is 10.9 Å². The van der Waals surface area contributed by atoms with Gasteiger partial charge >= 0.3 is 0 Å². The summed E-state index contributed by atoms with van der Waals surface area (Å²) in [6.45, 7) is 3.56. The van der Waals surface area contributed by atoms with E-state index < -0.39 is 0 Å². The molecule has 0 radical (unpaired) electrons. The highest BCUT2D eigenvalue weighted by atomic mass is 35.5. The van der Waals surface area contributed by atoms with E-state index in [0.29, 0.717) is 10.7 Å². The Morgan fingerprint density at radius 3 is 2.93 bits per heavy atom. The van der Waals surface area contributed by atoms with Gasteiger partial charge in [-0.25, -0.2) is 4.98 Å². The van der Waals surface area contributed by atoms with Crippen LogP contribution >= 0.6 is 11.6 Å². The van der Waals surface area contributed by atoms with Crippen LogP contribution in [-0.2, 0) is 6.42 Å². The topological polar surface area (TPSA) is 34.4 Å². The average Bonchev–Trinajstić information content (AvgIpc) is 2.55. The smallest absolute Gasteiger partial charge is 0.159 e. The standard InChI is InChI=1S/C11H11ClN2O/c1-3-10-13-11(12)9-6-8(7(2)15)4-5-14(9)10/h4-6H,3H2,1-2H3. The lowest BCUT2D eigenvalue weighted by Gasteiger charge is -2.00. The monoisotopic (exact) mass is 222 g/mol. The Labute approximate surface area is 92.7 Å². The molecule has 2 aromatic rings. The van der Waals surface area contributed by atoms with Crippen molar-refractivity contribution >= 4 is 22.9 Å². The summed E-state index contributed by atoms with van der Waals surface area (Å²) in [6.07, 6.45) is 2.65. The Hall–Kier alpha value is -1.35. The molecular weight excluding hydrogens is 212 g/mol. The van der Waals surface area contributed by atoms with Gasteiger partial charge in [-0.1, -0.05) is 18.5 Å². The maximum atomic E-state index is 11.2. The minimum absolute atomic E-state index is 0.0350. The third kappa shape index (κ3) is 1.63. The zero-order valence-electron chi connectivity index (χ0n) is 8.62. The van der Waals surface area contributed by atoms with Crippen LogP contribution in [0.15, 0.2) is 18.3 Å². The lowest BCUT2D eigenvalue weighted by molar-refractivity contribution is 0.101. The van der Waals surface area contributed by atoms with Gasteiger partial charge in [0.05, 0.1) is 5.52 Å². The van der Waals surface area contributed by atoms with E-state index in [4.69, 9.17) is 11.6 Å². The predicted octanol–water partition coefficient (Wildman–Crippen LogP) is 2.75. The molecule has 0 atom stereocenters. The van der Waals surface area contributed by atoms with Crippen LogP contribution in [-0.4, -0.2) is 15.2 Å². The van der Waals surface area contributed by atoms with Crippen LogP contribution in [0.4, 0.5) is 0 Å². The van der Waals surface area contributed by atoms with Crippen LogP contribution in [0.5, 0.6) is 0 Å². The lowest BCUT2D eigenvalue weighted by Crippen LogP contribution is -1.96. The fourth-order valence-corrected chi connectivity index (χ4v) is 1.82. The molecule has 0 amide bonds. The van der Waals surface area contributed by atoms with E-state index in [0.717, 1.165) is 17.8 Å². The summed E-state index contributed by atoms with van der Waals surface area (Å²) < 4.78 is 1.91. The lowest BCUT2D eigenvalue weighted by atomic mass is 10.2. The van der Waals surface area contributed by atoms with Crippen LogP contribution in [0.2, 0.25) is 5.15 Å². The summed E-state index contributed by atoms with van der Waals surface area (Å²) in [5.41, 5.74) is 1.45.